The van der Waals surface area contributed by atoms with E-state index in [1.54, 1.807) is 4.68 Å². The van der Waals surface area contributed by atoms with Gasteiger partial charge in [0.2, 0.25) is 0 Å². The van der Waals surface area contributed by atoms with Gasteiger partial charge in [-0.15, -0.1) is 0 Å². The van der Waals surface area contributed by atoms with Gasteiger partial charge in [0.25, 0.3) is 0 Å². The second-order valence-corrected chi connectivity index (χ2v) is 5.95. The van der Waals surface area contributed by atoms with Gasteiger partial charge in [-0.3, -0.25) is 0 Å². The van der Waals surface area contributed by atoms with E-state index in [1.807, 2.05) is 4.90 Å². The predicted molar refractivity (Wildman–Crippen MR) is 77.7 cm³/mol. The summed E-state index contributed by atoms with van der Waals surface area (Å²) in [6, 6.07) is 1.97. The standard InChI is InChI=1S/C14H21N5O2/c15-7-10-13(16)19(11-4-1-5-12(11)21)17-14(10)18-6-2-3-9(20)8-18/h9,11-12,20-21H,1-6,8,16H2. The minimum Gasteiger partial charge on any atom is -0.391 e. The number of nitrogen functional groups attached to an aromatic ring is 1. The Morgan fingerprint density at radius 2 is 2.05 bits per heavy atom. The van der Waals surface area contributed by atoms with Gasteiger partial charge < -0.3 is 20.8 Å². The number of nitriles is 1. The van der Waals surface area contributed by atoms with Crippen LogP contribution in [-0.2, 0) is 0 Å². The molecule has 0 aromatic carbocycles. The molecule has 4 N–H and O–H groups in total. The molecule has 7 nitrogen and oxygen atoms in total. The second kappa shape index (κ2) is 5.54. The Morgan fingerprint density at radius 1 is 1.24 bits per heavy atom. The zero-order valence-corrected chi connectivity index (χ0v) is 11.9. The summed E-state index contributed by atoms with van der Waals surface area (Å²) in [5.41, 5.74) is 6.43. The number of nitrogens with zero attached hydrogens (tertiary/aromatic N) is 4. The summed E-state index contributed by atoms with van der Waals surface area (Å²) in [6.07, 6.45) is 3.28. The van der Waals surface area contributed by atoms with Crippen molar-refractivity contribution in [1.29, 1.82) is 5.26 Å². The maximum Gasteiger partial charge on any atom is 0.171 e. The Hall–Kier alpha value is -1.78. The molecule has 0 radical (unpaired) electrons. The molecule has 3 rings (SSSR count). The van der Waals surface area contributed by atoms with Crippen molar-refractivity contribution in [3.63, 3.8) is 0 Å². The lowest BCUT2D eigenvalue weighted by molar-refractivity contribution is 0.131. The molecule has 0 spiro atoms. The molecule has 0 amide bonds. The van der Waals surface area contributed by atoms with Crippen molar-refractivity contribution in [2.24, 2.45) is 0 Å². The molecule has 1 saturated heterocycles. The maximum atomic E-state index is 10.0. The van der Waals surface area contributed by atoms with Crippen molar-refractivity contribution in [1.82, 2.24) is 9.78 Å². The normalized spacial score (nSPS) is 29.6. The van der Waals surface area contributed by atoms with E-state index in [4.69, 9.17) is 5.73 Å². The minimum absolute atomic E-state index is 0.152. The molecular weight excluding hydrogens is 270 g/mol. The Bertz CT molecular complexity index is 564. The van der Waals surface area contributed by atoms with Crippen LogP contribution in [0.5, 0.6) is 0 Å². The number of piperidine rings is 1. The third-order valence-electron chi connectivity index (χ3n) is 4.49. The van der Waals surface area contributed by atoms with E-state index in [2.05, 4.69) is 11.2 Å². The zero-order chi connectivity index (χ0) is 15.0. The molecule has 114 valence electrons. The summed E-state index contributed by atoms with van der Waals surface area (Å²) in [5, 5.41) is 33.7. The molecule has 1 aromatic rings. The fraction of sp³-hybridized carbons (Fsp3) is 0.714. The third-order valence-corrected chi connectivity index (χ3v) is 4.49. The van der Waals surface area contributed by atoms with Gasteiger partial charge in [0.05, 0.1) is 18.2 Å². The first-order valence-corrected chi connectivity index (χ1v) is 7.51. The fourth-order valence-corrected chi connectivity index (χ4v) is 3.37. The van der Waals surface area contributed by atoms with Gasteiger partial charge in [0, 0.05) is 13.1 Å². The van der Waals surface area contributed by atoms with Crippen molar-refractivity contribution in [3.8, 4) is 6.07 Å². The summed E-state index contributed by atoms with van der Waals surface area (Å²) >= 11 is 0. The van der Waals surface area contributed by atoms with E-state index < -0.39 is 12.2 Å². The average molecular weight is 291 g/mol. The molecule has 1 aromatic heterocycles. The summed E-state index contributed by atoms with van der Waals surface area (Å²) in [6.45, 7) is 1.23. The van der Waals surface area contributed by atoms with Crippen molar-refractivity contribution < 1.29 is 10.2 Å². The minimum atomic E-state index is -0.460. The van der Waals surface area contributed by atoms with E-state index in [0.717, 1.165) is 38.6 Å². The van der Waals surface area contributed by atoms with Crippen LogP contribution in [-0.4, -0.2) is 45.3 Å². The first-order valence-electron chi connectivity index (χ1n) is 7.51. The van der Waals surface area contributed by atoms with Gasteiger partial charge >= 0.3 is 0 Å². The highest BCUT2D eigenvalue weighted by atomic mass is 16.3. The van der Waals surface area contributed by atoms with E-state index in [0.29, 0.717) is 23.7 Å². The zero-order valence-electron chi connectivity index (χ0n) is 11.9. The molecule has 1 saturated carbocycles. The van der Waals surface area contributed by atoms with E-state index >= 15 is 0 Å². The SMILES string of the molecule is N#Cc1c(N2CCCC(O)C2)nn(C2CCCC2O)c1N. The maximum absolute atomic E-state index is 10.0. The number of aliphatic hydroxyl groups is 2. The fourth-order valence-electron chi connectivity index (χ4n) is 3.37. The van der Waals surface area contributed by atoms with Gasteiger partial charge in [-0.2, -0.15) is 10.4 Å². The third kappa shape index (κ3) is 2.45. The highest BCUT2D eigenvalue weighted by Crippen LogP contribution is 2.35. The lowest BCUT2D eigenvalue weighted by Crippen LogP contribution is -2.39. The number of aromatic nitrogens is 2. The Balaban J connectivity index is 1.95. The molecule has 21 heavy (non-hydrogen) atoms. The van der Waals surface area contributed by atoms with Crippen molar-refractivity contribution in [3.05, 3.63) is 5.56 Å². The van der Waals surface area contributed by atoms with Gasteiger partial charge in [0.1, 0.15) is 17.5 Å². The van der Waals surface area contributed by atoms with Crippen LogP contribution in [0.1, 0.15) is 43.7 Å². The van der Waals surface area contributed by atoms with Crippen molar-refractivity contribution in [2.75, 3.05) is 23.7 Å². The van der Waals surface area contributed by atoms with Crippen LogP contribution in [0.15, 0.2) is 0 Å². The molecule has 2 fully saturated rings. The largest absolute Gasteiger partial charge is 0.391 e. The summed E-state index contributed by atoms with van der Waals surface area (Å²) < 4.78 is 1.60. The number of hydrogen-bond acceptors (Lipinski definition) is 6. The van der Waals surface area contributed by atoms with E-state index in [1.165, 1.54) is 0 Å². The summed E-state index contributed by atoms with van der Waals surface area (Å²) in [7, 11) is 0. The number of aliphatic hydroxyl groups excluding tert-OH is 2. The molecule has 0 bridgehead atoms. The molecular formula is C14H21N5O2. The smallest absolute Gasteiger partial charge is 0.171 e. The molecule has 2 aliphatic rings. The van der Waals surface area contributed by atoms with Gasteiger partial charge in [-0.25, -0.2) is 4.68 Å². The second-order valence-electron chi connectivity index (χ2n) is 5.95. The quantitative estimate of drug-likeness (QED) is 0.726. The van der Waals surface area contributed by atoms with Crippen LogP contribution in [0.2, 0.25) is 0 Å². The topological polar surface area (TPSA) is 111 Å². The van der Waals surface area contributed by atoms with Crippen LogP contribution in [0, 0.1) is 11.3 Å². The van der Waals surface area contributed by atoms with E-state index in [-0.39, 0.29) is 6.04 Å². The average Bonchev–Trinajstić information content (AvgIpc) is 3.02. The van der Waals surface area contributed by atoms with Crippen molar-refractivity contribution >= 4 is 11.6 Å². The van der Waals surface area contributed by atoms with Gasteiger partial charge in [0.15, 0.2) is 5.82 Å². The Labute approximate surface area is 123 Å². The first-order chi connectivity index (χ1) is 10.1. The molecule has 7 heteroatoms. The summed E-state index contributed by atoms with van der Waals surface area (Å²) in [5.74, 6) is 0.853. The number of anilines is 2. The van der Waals surface area contributed by atoms with Crippen LogP contribution in [0.25, 0.3) is 0 Å². The Morgan fingerprint density at radius 3 is 2.67 bits per heavy atom. The number of β-amino-alcohol motifs (C(OH)–C–C–N with tert-alkyl or cyclic N) is 1. The lowest BCUT2D eigenvalue weighted by atomic mass is 10.1. The Kier molecular flexibility index (Phi) is 3.74. The molecule has 3 atom stereocenters. The lowest BCUT2D eigenvalue weighted by Gasteiger charge is -2.30. The highest BCUT2D eigenvalue weighted by Gasteiger charge is 2.32. The highest BCUT2D eigenvalue weighted by molar-refractivity contribution is 5.65. The van der Waals surface area contributed by atoms with Crippen molar-refractivity contribution in [2.45, 2.75) is 50.4 Å². The van der Waals surface area contributed by atoms with Crippen LogP contribution in [0.3, 0.4) is 0 Å². The number of rotatable bonds is 2. The number of hydrogen-bond donors (Lipinski definition) is 3. The van der Waals surface area contributed by atoms with Crippen LogP contribution in [0.4, 0.5) is 11.6 Å². The van der Waals surface area contributed by atoms with Gasteiger partial charge in [-0.1, -0.05) is 0 Å². The van der Waals surface area contributed by atoms with Crippen LogP contribution >= 0.6 is 0 Å². The molecule has 3 unspecified atom stereocenters. The first kappa shape index (κ1) is 14.2. The summed E-state index contributed by atoms with van der Waals surface area (Å²) in [4.78, 5) is 1.92. The molecule has 2 heterocycles. The molecule has 1 aliphatic carbocycles. The van der Waals surface area contributed by atoms with Gasteiger partial charge in [-0.05, 0) is 32.1 Å². The van der Waals surface area contributed by atoms with Crippen LogP contribution < -0.4 is 10.6 Å². The van der Waals surface area contributed by atoms with E-state index in [9.17, 15) is 15.5 Å². The predicted octanol–water partition coefficient (Wildman–Crippen LogP) is 0.384. The number of nitrogens with two attached hydrogens (primary N) is 1. The molecule has 1 aliphatic heterocycles. The monoisotopic (exact) mass is 291 g/mol.